The van der Waals surface area contributed by atoms with E-state index in [1.165, 1.54) is 24.1 Å². The minimum Gasteiger partial charge on any atom is -0.362 e. The van der Waals surface area contributed by atoms with Crippen LogP contribution in [0.3, 0.4) is 0 Å². The molecule has 1 aromatic rings. The van der Waals surface area contributed by atoms with Gasteiger partial charge in [-0.25, -0.2) is 0 Å². The highest BCUT2D eigenvalue weighted by Crippen LogP contribution is 2.53. The topological polar surface area (TPSA) is 12.0 Å². The molecule has 1 nitrogen and oxygen atoms in total. The molecular weight excluding hydrogens is 146 g/mol. The van der Waals surface area contributed by atoms with Gasteiger partial charge in [0.15, 0.2) is 0 Å². The molecular formula is C11H11N. The highest BCUT2D eigenvalue weighted by molar-refractivity contribution is 5.62. The van der Waals surface area contributed by atoms with Gasteiger partial charge in [-0.05, 0) is 30.7 Å². The summed E-state index contributed by atoms with van der Waals surface area (Å²) in [6, 6.07) is 8.60. The van der Waals surface area contributed by atoms with Gasteiger partial charge in [0.1, 0.15) is 0 Å². The summed E-state index contributed by atoms with van der Waals surface area (Å²) in [6.45, 7) is 0. The van der Waals surface area contributed by atoms with Gasteiger partial charge in [0.05, 0.1) is 0 Å². The Morgan fingerprint density at radius 2 is 2.00 bits per heavy atom. The Labute approximate surface area is 72.1 Å². The van der Waals surface area contributed by atoms with Crippen LogP contribution in [-0.2, 0) is 5.41 Å². The lowest BCUT2D eigenvalue weighted by Gasteiger charge is -2.20. The average molecular weight is 157 g/mol. The van der Waals surface area contributed by atoms with Gasteiger partial charge >= 0.3 is 0 Å². The van der Waals surface area contributed by atoms with E-state index in [-0.39, 0.29) is 0 Å². The van der Waals surface area contributed by atoms with Crippen molar-refractivity contribution in [3.8, 4) is 0 Å². The van der Waals surface area contributed by atoms with Gasteiger partial charge in [-0.3, -0.25) is 0 Å². The van der Waals surface area contributed by atoms with Gasteiger partial charge in [-0.1, -0.05) is 24.3 Å². The highest BCUT2D eigenvalue weighted by atomic mass is 14.9. The van der Waals surface area contributed by atoms with Gasteiger partial charge in [-0.2, -0.15) is 0 Å². The fourth-order valence-electron chi connectivity index (χ4n) is 1.99. The Morgan fingerprint density at radius 3 is 2.83 bits per heavy atom. The summed E-state index contributed by atoms with van der Waals surface area (Å²) in [5.74, 6) is 0. The predicted molar refractivity (Wildman–Crippen MR) is 50.1 cm³/mol. The summed E-state index contributed by atoms with van der Waals surface area (Å²) in [5.41, 5.74) is 3.19. The van der Waals surface area contributed by atoms with Crippen LogP contribution in [0.15, 0.2) is 36.5 Å². The molecule has 1 aliphatic carbocycles. The quantitative estimate of drug-likeness (QED) is 0.610. The number of anilines is 1. The van der Waals surface area contributed by atoms with Crippen molar-refractivity contribution in [3.05, 3.63) is 42.1 Å². The number of hydrogen-bond donors (Lipinski definition) is 1. The Hall–Kier alpha value is -1.24. The highest BCUT2D eigenvalue weighted by Gasteiger charge is 2.44. The largest absolute Gasteiger partial charge is 0.362 e. The molecule has 3 rings (SSSR count). The third-order valence-corrected chi connectivity index (χ3v) is 2.89. The molecule has 0 aromatic heterocycles. The molecule has 1 saturated carbocycles. The van der Waals surface area contributed by atoms with Crippen molar-refractivity contribution in [3.63, 3.8) is 0 Å². The van der Waals surface area contributed by atoms with E-state index in [2.05, 4.69) is 41.9 Å². The standard InChI is InChI=1S/C11H11N/c1-2-4-10-9(3-1)11(5-6-11)7-8-12-10/h1-4,7-8,12H,5-6H2. The number of nitrogens with one attached hydrogen (secondary N) is 1. The molecule has 0 atom stereocenters. The van der Waals surface area contributed by atoms with E-state index < -0.39 is 0 Å². The first-order chi connectivity index (χ1) is 5.91. The molecule has 1 heteroatoms. The van der Waals surface area contributed by atoms with E-state index in [1.807, 2.05) is 0 Å². The second-order valence-corrected chi connectivity index (χ2v) is 3.68. The van der Waals surface area contributed by atoms with Gasteiger partial charge in [0.2, 0.25) is 0 Å². The fourth-order valence-corrected chi connectivity index (χ4v) is 1.99. The van der Waals surface area contributed by atoms with Gasteiger partial charge in [0.25, 0.3) is 0 Å². The van der Waals surface area contributed by atoms with Crippen LogP contribution in [0, 0.1) is 0 Å². The van der Waals surface area contributed by atoms with Crippen LogP contribution < -0.4 is 5.32 Å². The minimum atomic E-state index is 0.418. The summed E-state index contributed by atoms with van der Waals surface area (Å²) in [7, 11) is 0. The van der Waals surface area contributed by atoms with Crippen molar-refractivity contribution in [1.82, 2.24) is 0 Å². The minimum absolute atomic E-state index is 0.418. The predicted octanol–water partition coefficient (Wildman–Crippen LogP) is 2.66. The van der Waals surface area contributed by atoms with Gasteiger partial charge in [-0.15, -0.1) is 0 Å². The molecule has 1 aromatic carbocycles. The molecule has 1 N–H and O–H groups in total. The summed E-state index contributed by atoms with van der Waals surface area (Å²) in [5, 5.41) is 3.28. The maximum absolute atomic E-state index is 3.28. The molecule has 60 valence electrons. The lowest BCUT2D eigenvalue weighted by molar-refractivity contribution is 0.880. The first-order valence-electron chi connectivity index (χ1n) is 4.45. The second-order valence-electron chi connectivity index (χ2n) is 3.68. The number of fused-ring (bicyclic) bond motifs is 2. The SMILES string of the molecule is C1=CC2(CC2)c2ccccc2N1. The number of para-hydroxylation sites is 1. The van der Waals surface area contributed by atoms with Crippen molar-refractivity contribution in [2.45, 2.75) is 18.3 Å². The van der Waals surface area contributed by atoms with Crippen LogP contribution in [0.2, 0.25) is 0 Å². The smallest absolute Gasteiger partial charge is 0.0421 e. The maximum Gasteiger partial charge on any atom is 0.0421 e. The number of benzene rings is 1. The third-order valence-electron chi connectivity index (χ3n) is 2.89. The van der Waals surface area contributed by atoms with E-state index in [4.69, 9.17) is 0 Å². The van der Waals surface area contributed by atoms with Crippen molar-refractivity contribution < 1.29 is 0 Å². The fraction of sp³-hybridized carbons (Fsp3) is 0.273. The Balaban J connectivity index is 2.21. The number of rotatable bonds is 0. The number of hydrogen-bond acceptors (Lipinski definition) is 1. The molecule has 0 amide bonds. The molecule has 12 heavy (non-hydrogen) atoms. The molecule has 0 bridgehead atoms. The van der Waals surface area contributed by atoms with Crippen LogP contribution in [-0.4, -0.2) is 0 Å². The van der Waals surface area contributed by atoms with E-state index in [9.17, 15) is 0 Å². The number of allylic oxidation sites excluding steroid dienone is 1. The van der Waals surface area contributed by atoms with E-state index >= 15 is 0 Å². The summed E-state index contributed by atoms with van der Waals surface area (Å²) < 4.78 is 0. The lowest BCUT2D eigenvalue weighted by Crippen LogP contribution is -2.11. The van der Waals surface area contributed by atoms with E-state index in [0.29, 0.717) is 5.41 Å². The summed E-state index contributed by atoms with van der Waals surface area (Å²) in [4.78, 5) is 0. The maximum atomic E-state index is 3.28. The second kappa shape index (κ2) is 1.92. The third kappa shape index (κ3) is 0.685. The van der Waals surface area contributed by atoms with Crippen LogP contribution in [0.5, 0.6) is 0 Å². The summed E-state index contributed by atoms with van der Waals surface area (Å²) in [6.07, 6.45) is 7.02. The van der Waals surface area contributed by atoms with Crippen LogP contribution in [0.25, 0.3) is 0 Å². The molecule has 1 fully saturated rings. The first kappa shape index (κ1) is 6.30. The molecule has 0 unspecified atom stereocenters. The molecule has 0 radical (unpaired) electrons. The average Bonchev–Trinajstić information content (AvgIpc) is 2.87. The van der Waals surface area contributed by atoms with Crippen molar-refractivity contribution in [1.29, 1.82) is 0 Å². The molecule has 0 saturated heterocycles. The van der Waals surface area contributed by atoms with Crippen molar-refractivity contribution in [2.24, 2.45) is 0 Å². The molecule has 2 aliphatic rings. The monoisotopic (exact) mass is 157 g/mol. The zero-order chi connectivity index (χ0) is 8.02. The molecule has 1 heterocycles. The molecule has 1 aliphatic heterocycles. The van der Waals surface area contributed by atoms with Gasteiger partial charge in [0, 0.05) is 11.1 Å². The zero-order valence-electron chi connectivity index (χ0n) is 6.88. The Morgan fingerprint density at radius 1 is 1.17 bits per heavy atom. The molecule has 1 spiro atoms. The lowest BCUT2D eigenvalue weighted by atomic mass is 9.92. The van der Waals surface area contributed by atoms with Crippen molar-refractivity contribution >= 4 is 5.69 Å². The van der Waals surface area contributed by atoms with Crippen LogP contribution >= 0.6 is 0 Å². The Kier molecular flexibility index (Phi) is 1.01. The van der Waals surface area contributed by atoms with E-state index in [0.717, 1.165) is 0 Å². The Bertz CT molecular complexity index is 348. The van der Waals surface area contributed by atoms with Crippen LogP contribution in [0.1, 0.15) is 18.4 Å². The van der Waals surface area contributed by atoms with Crippen LogP contribution in [0.4, 0.5) is 5.69 Å². The van der Waals surface area contributed by atoms with E-state index in [1.54, 1.807) is 0 Å². The zero-order valence-corrected chi connectivity index (χ0v) is 6.88. The normalized spacial score (nSPS) is 21.7. The summed E-state index contributed by atoms with van der Waals surface area (Å²) >= 11 is 0. The van der Waals surface area contributed by atoms with Gasteiger partial charge < -0.3 is 5.32 Å². The van der Waals surface area contributed by atoms with Crippen molar-refractivity contribution in [2.75, 3.05) is 5.32 Å². The first-order valence-corrected chi connectivity index (χ1v) is 4.45.